The average molecular weight is 348 g/mol. The molecule has 0 radical (unpaired) electrons. The normalized spacial score (nSPS) is 10.2. The van der Waals surface area contributed by atoms with Gasteiger partial charge in [0, 0.05) is 18.3 Å². The predicted octanol–water partition coefficient (Wildman–Crippen LogP) is 3.39. The molecule has 0 bridgehead atoms. The molecule has 1 heterocycles. The molecule has 0 unspecified atom stereocenters. The van der Waals surface area contributed by atoms with Gasteiger partial charge in [-0.15, -0.1) is 0 Å². The third kappa shape index (κ3) is 4.80. The Labute approximate surface area is 152 Å². The molecule has 0 fully saturated rings. The van der Waals surface area contributed by atoms with Crippen LogP contribution >= 0.6 is 0 Å². The molecule has 132 valence electrons. The highest BCUT2D eigenvalue weighted by Crippen LogP contribution is 2.17. The van der Waals surface area contributed by atoms with Crippen LogP contribution in [0.25, 0.3) is 0 Å². The molecule has 1 amide bonds. The summed E-state index contributed by atoms with van der Waals surface area (Å²) >= 11 is 0. The number of hydrogen-bond acceptors (Lipinski definition) is 5. The second-order valence-corrected chi connectivity index (χ2v) is 5.64. The van der Waals surface area contributed by atoms with Crippen LogP contribution in [0, 0.1) is 0 Å². The van der Waals surface area contributed by atoms with E-state index in [1.54, 1.807) is 31.5 Å². The molecule has 0 atom stereocenters. The number of anilines is 2. The zero-order valence-corrected chi connectivity index (χ0v) is 14.5. The van der Waals surface area contributed by atoms with E-state index in [9.17, 15) is 4.79 Å². The summed E-state index contributed by atoms with van der Waals surface area (Å²) in [5.74, 6) is 0.993. The number of hydrogen-bond donors (Lipinski definition) is 2. The molecule has 26 heavy (non-hydrogen) atoms. The third-order valence-corrected chi connectivity index (χ3v) is 3.77. The predicted molar refractivity (Wildman–Crippen MR) is 102 cm³/mol. The van der Waals surface area contributed by atoms with Gasteiger partial charge in [-0.1, -0.05) is 36.4 Å². The highest BCUT2D eigenvalue weighted by atomic mass is 16.5. The first-order chi connectivity index (χ1) is 12.7. The number of methoxy groups -OCH3 is 1. The Kier molecular flexibility index (Phi) is 5.77. The van der Waals surface area contributed by atoms with E-state index in [-0.39, 0.29) is 11.6 Å². The number of aromatic nitrogens is 2. The summed E-state index contributed by atoms with van der Waals surface area (Å²) in [6.45, 7) is 0.744. The lowest BCUT2D eigenvalue weighted by Crippen LogP contribution is -2.15. The highest BCUT2D eigenvalue weighted by Gasteiger charge is 2.09. The summed E-state index contributed by atoms with van der Waals surface area (Å²) in [4.78, 5) is 20.7. The fraction of sp³-hybridized carbons (Fsp3) is 0.150. The van der Waals surface area contributed by atoms with Crippen LogP contribution in [0.15, 0.2) is 67.0 Å². The van der Waals surface area contributed by atoms with Crippen molar-refractivity contribution in [3.63, 3.8) is 0 Å². The Morgan fingerprint density at radius 2 is 1.88 bits per heavy atom. The molecular weight excluding hydrogens is 328 g/mol. The van der Waals surface area contributed by atoms with Crippen LogP contribution in [0.5, 0.6) is 5.75 Å². The van der Waals surface area contributed by atoms with Gasteiger partial charge in [0.25, 0.3) is 5.91 Å². The van der Waals surface area contributed by atoms with E-state index in [1.807, 2.05) is 24.3 Å². The zero-order valence-electron chi connectivity index (χ0n) is 14.5. The lowest BCUT2D eigenvalue weighted by molar-refractivity contribution is 0.102. The van der Waals surface area contributed by atoms with Gasteiger partial charge in [-0.05, 0) is 24.1 Å². The largest absolute Gasteiger partial charge is 0.497 e. The zero-order chi connectivity index (χ0) is 18.2. The molecule has 1 aromatic heterocycles. The van der Waals surface area contributed by atoms with Crippen LogP contribution in [0.1, 0.15) is 16.1 Å². The maximum atomic E-state index is 12.2. The second-order valence-electron chi connectivity index (χ2n) is 5.64. The Bertz CT molecular complexity index is 851. The SMILES string of the molecule is COc1cccc(NC(=O)c2cnc(NCCc3ccccc3)cn2)c1. The summed E-state index contributed by atoms with van der Waals surface area (Å²) in [6.07, 6.45) is 3.91. The Morgan fingerprint density at radius 3 is 2.62 bits per heavy atom. The molecule has 6 nitrogen and oxygen atoms in total. The van der Waals surface area contributed by atoms with Gasteiger partial charge in [0.15, 0.2) is 0 Å². The van der Waals surface area contributed by atoms with E-state index in [4.69, 9.17) is 4.74 Å². The minimum absolute atomic E-state index is 0.251. The van der Waals surface area contributed by atoms with Crippen molar-refractivity contribution < 1.29 is 9.53 Å². The van der Waals surface area contributed by atoms with E-state index in [1.165, 1.54) is 11.8 Å². The van der Waals surface area contributed by atoms with Gasteiger partial charge in [0.1, 0.15) is 17.3 Å². The fourth-order valence-corrected chi connectivity index (χ4v) is 2.41. The standard InChI is InChI=1S/C20H20N4O2/c1-26-17-9-5-8-16(12-17)24-20(25)18-13-23-19(14-22-18)21-11-10-15-6-3-2-4-7-15/h2-9,12-14H,10-11H2,1H3,(H,21,23)(H,24,25). The first kappa shape index (κ1) is 17.4. The van der Waals surface area contributed by atoms with E-state index < -0.39 is 0 Å². The molecule has 2 aromatic carbocycles. The third-order valence-electron chi connectivity index (χ3n) is 3.77. The molecule has 0 saturated heterocycles. The van der Waals surface area contributed by atoms with Crippen LogP contribution in [-0.2, 0) is 6.42 Å². The summed E-state index contributed by atoms with van der Waals surface area (Å²) < 4.78 is 5.14. The monoisotopic (exact) mass is 348 g/mol. The van der Waals surface area contributed by atoms with E-state index >= 15 is 0 Å². The number of benzene rings is 2. The number of ether oxygens (including phenoxy) is 1. The molecule has 0 spiro atoms. The van der Waals surface area contributed by atoms with Crippen molar-refractivity contribution in [3.8, 4) is 5.75 Å². The van der Waals surface area contributed by atoms with Crippen LogP contribution in [0.2, 0.25) is 0 Å². The molecule has 0 saturated carbocycles. The van der Waals surface area contributed by atoms with Gasteiger partial charge >= 0.3 is 0 Å². The van der Waals surface area contributed by atoms with Crippen molar-refractivity contribution >= 4 is 17.4 Å². The molecular formula is C20H20N4O2. The van der Waals surface area contributed by atoms with Gasteiger partial charge in [0.05, 0.1) is 19.5 Å². The minimum Gasteiger partial charge on any atom is -0.497 e. The maximum Gasteiger partial charge on any atom is 0.275 e. The molecule has 0 aliphatic rings. The van der Waals surface area contributed by atoms with E-state index in [2.05, 4.69) is 32.7 Å². The lowest BCUT2D eigenvalue weighted by Gasteiger charge is -2.08. The van der Waals surface area contributed by atoms with Crippen molar-refractivity contribution in [1.82, 2.24) is 9.97 Å². The molecule has 0 aliphatic carbocycles. The second kappa shape index (κ2) is 8.62. The van der Waals surface area contributed by atoms with Gasteiger partial charge in [-0.2, -0.15) is 0 Å². The summed E-state index contributed by atoms with van der Waals surface area (Å²) in [5.41, 5.74) is 2.14. The van der Waals surface area contributed by atoms with Gasteiger partial charge in [0.2, 0.25) is 0 Å². The highest BCUT2D eigenvalue weighted by molar-refractivity contribution is 6.02. The minimum atomic E-state index is -0.318. The van der Waals surface area contributed by atoms with Crippen LogP contribution in [0.3, 0.4) is 0 Å². The van der Waals surface area contributed by atoms with E-state index in [0.29, 0.717) is 17.3 Å². The number of nitrogens with one attached hydrogen (secondary N) is 2. The number of nitrogens with zero attached hydrogens (tertiary/aromatic N) is 2. The summed E-state index contributed by atoms with van der Waals surface area (Å²) in [6, 6.07) is 17.3. The molecule has 3 aromatic rings. The number of amides is 1. The number of carbonyl (C=O) groups is 1. The molecule has 0 aliphatic heterocycles. The lowest BCUT2D eigenvalue weighted by atomic mass is 10.1. The van der Waals surface area contributed by atoms with Crippen molar-refractivity contribution in [2.75, 3.05) is 24.3 Å². The number of carbonyl (C=O) groups excluding carboxylic acids is 1. The Balaban J connectivity index is 1.54. The molecule has 6 heteroatoms. The van der Waals surface area contributed by atoms with Crippen LogP contribution < -0.4 is 15.4 Å². The van der Waals surface area contributed by atoms with Gasteiger partial charge < -0.3 is 15.4 Å². The average Bonchev–Trinajstić information content (AvgIpc) is 2.69. The topological polar surface area (TPSA) is 76.1 Å². The Morgan fingerprint density at radius 1 is 1.04 bits per heavy atom. The van der Waals surface area contributed by atoms with Gasteiger partial charge in [-0.3, -0.25) is 4.79 Å². The van der Waals surface area contributed by atoms with Crippen molar-refractivity contribution in [1.29, 1.82) is 0 Å². The van der Waals surface area contributed by atoms with Crippen LogP contribution in [0.4, 0.5) is 11.5 Å². The van der Waals surface area contributed by atoms with E-state index in [0.717, 1.165) is 13.0 Å². The summed E-state index contributed by atoms with van der Waals surface area (Å²) in [7, 11) is 1.58. The van der Waals surface area contributed by atoms with Gasteiger partial charge in [-0.25, -0.2) is 9.97 Å². The maximum absolute atomic E-state index is 12.2. The van der Waals surface area contributed by atoms with Crippen molar-refractivity contribution in [3.05, 3.63) is 78.2 Å². The Hall–Kier alpha value is -3.41. The smallest absolute Gasteiger partial charge is 0.275 e. The fourth-order valence-electron chi connectivity index (χ4n) is 2.41. The summed E-state index contributed by atoms with van der Waals surface area (Å²) in [5, 5.41) is 5.98. The first-order valence-electron chi connectivity index (χ1n) is 8.30. The number of rotatable bonds is 7. The van der Waals surface area contributed by atoms with Crippen molar-refractivity contribution in [2.24, 2.45) is 0 Å². The quantitative estimate of drug-likeness (QED) is 0.684. The van der Waals surface area contributed by atoms with Crippen molar-refractivity contribution in [2.45, 2.75) is 6.42 Å². The molecule has 3 rings (SSSR count). The van der Waals surface area contributed by atoms with Crippen LogP contribution in [-0.4, -0.2) is 29.5 Å². The first-order valence-corrected chi connectivity index (χ1v) is 8.30. The molecule has 2 N–H and O–H groups in total.